The van der Waals surface area contributed by atoms with Gasteiger partial charge in [-0.15, -0.1) is 0 Å². The second-order valence-corrected chi connectivity index (χ2v) is 9.67. The van der Waals surface area contributed by atoms with Gasteiger partial charge in [-0.2, -0.15) is 0 Å². The van der Waals surface area contributed by atoms with Crippen LogP contribution in [0.15, 0.2) is 18.3 Å². The highest BCUT2D eigenvalue weighted by Crippen LogP contribution is 2.55. The van der Waals surface area contributed by atoms with E-state index < -0.39 is 0 Å². The van der Waals surface area contributed by atoms with Gasteiger partial charge in [-0.3, -0.25) is 9.59 Å². The SMILES string of the molecule is COc1cc2c(cc1OC)CC(=O)N(CC(=O)NC13CC4CC(CC(C4)C1)C3)C=C2. The van der Waals surface area contributed by atoms with Crippen molar-refractivity contribution >= 4 is 17.9 Å². The Bertz CT molecular complexity index is 871. The highest BCUT2D eigenvalue weighted by Gasteiger charge is 2.51. The van der Waals surface area contributed by atoms with Crippen molar-refractivity contribution in [2.24, 2.45) is 17.8 Å². The van der Waals surface area contributed by atoms with Gasteiger partial charge in [0.15, 0.2) is 11.5 Å². The van der Waals surface area contributed by atoms with Crippen LogP contribution in [0.2, 0.25) is 0 Å². The largest absolute Gasteiger partial charge is 0.493 e. The van der Waals surface area contributed by atoms with Crippen LogP contribution in [-0.4, -0.2) is 43.0 Å². The lowest BCUT2D eigenvalue weighted by Crippen LogP contribution is -2.61. The highest BCUT2D eigenvalue weighted by molar-refractivity contribution is 5.89. The average molecular weight is 411 g/mol. The van der Waals surface area contributed by atoms with Crippen LogP contribution in [0.4, 0.5) is 0 Å². The quantitative estimate of drug-likeness (QED) is 0.810. The Morgan fingerprint density at radius 2 is 1.67 bits per heavy atom. The Hall–Kier alpha value is -2.50. The minimum atomic E-state index is -0.0853. The number of rotatable bonds is 5. The second kappa shape index (κ2) is 7.33. The fraction of sp³-hybridized carbons (Fsp3) is 0.583. The number of ether oxygens (including phenoxy) is 2. The molecule has 0 radical (unpaired) electrons. The minimum Gasteiger partial charge on any atom is -0.493 e. The molecule has 1 N–H and O–H groups in total. The van der Waals surface area contributed by atoms with Crippen LogP contribution in [0.25, 0.3) is 6.08 Å². The zero-order valence-electron chi connectivity index (χ0n) is 17.8. The van der Waals surface area contributed by atoms with E-state index >= 15 is 0 Å². The van der Waals surface area contributed by atoms with E-state index in [1.54, 1.807) is 20.4 Å². The molecule has 1 heterocycles. The minimum absolute atomic E-state index is 0.0336. The van der Waals surface area contributed by atoms with Crippen molar-refractivity contribution in [3.05, 3.63) is 29.5 Å². The number of nitrogens with zero attached hydrogens (tertiary/aromatic N) is 1. The molecule has 1 aromatic carbocycles. The van der Waals surface area contributed by atoms with E-state index in [9.17, 15) is 9.59 Å². The van der Waals surface area contributed by atoms with Gasteiger partial charge in [-0.1, -0.05) is 0 Å². The van der Waals surface area contributed by atoms with E-state index in [4.69, 9.17) is 9.47 Å². The molecule has 4 saturated carbocycles. The summed E-state index contributed by atoms with van der Waals surface area (Å²) in [6, 6.07) is 3.71. The van der Waals surface area contributed by atoms with Crippen molar-refractivity contribution in [3.8, 4) is 11.5 Å². The molecule has 2 amide bonds. The Balaban J connectivity index is 1.28. The molecule has 160 valence electrons. The number of hydrogen-bond donors (Lipinski definition) is 1. The van der Waals surface area contributed by atoms with Crippen molar-refractivity contribution < 1.29 is 19.1 Å². The van der Waals surface area contributed by atoms with Gasteiger partial charge in [-0.25, -0.2) is 0 Å². The Kier molecular flexibility index (Phi) is 4.75. The molecule has 1 aliphatic heterocycles. The summed E-state index contributed by atoms with van der Waals surface area (Å²) >= 11 is 0. The number of amides is 2. The summed E-state index contributed by atoms with van der Waals surface area (Å²) in [5, 5.41) is 3.36. The maximum absolute atomic E-state index is 12.9. The highest BCUT2D eigenvalue weighted by atomic mass is 16.5. The van der Waals surface area contributed by atoms with Gasteiger partial charge in [0.1, 0.15) is 6.54 Å². The van der Waals surface area contributed by atoms with E-state index in [0.29, 0.717) is 11.5 Å². The van der Waals surface area contributed by atoms with E-state index in [0.717, 1.165) is 48.1 Å². The molecule has 5 aliphatic rings. The standard InChI is InChI=1S/C24H30N2O4/c1-29-20-8-18-3-4-26(23(28)10-19(18)9-21(20)30-2)14-22(27)25-24-11-15-5-16(12-24)7-17(6-15)13-24/h3-4,8-9,15-17H,5-7,10-14H2,1-2H3,(H,25,27). The van der Waals surface area contributed by atoms with Crippen molar-refractivity contribution in [3.63, 3.8) is 0 Å². The molecule has 0 atom stereocenters. The van der Waals surface area contributed by atoms with Crippen LogP contribution in [-0.2, 0) is 16.0 Å². The van der Waals surface area contributed by atoms with Gasteiger partial charge in [-0.05, 0) is 85.6 Å². The van der Waals surface area contributed by atoms with E-state index in [-0.39, 0.29) is 30.3 Å². The zero-order chi connectivity index (χ0) is 20.9. The molecule has 6 heteroatoms. The first-order valence-corrected chi connectivity index (χ1v) is 11.0. The summed E-state index contributed by atoms with van der Waals surface area (Å²) in [7, 11) is 3.18. The molecule has 4 bridgehead atoms. The third-order valence-corrected chi connectivity index (χ3v) is 7.50. The van der Waals surface area contributed by atoms with Crippen molar-refractivity contribution in [1.29, 1.82) is 0 Å². The molecule has 0 unspecified atom stereocenters. The first-order valence-electron chi connectivity index (χ1n) is 11.0. The summed E-state index contributed by atoms with van der Waals surface area (Å²) in [6.45, 7) is 0.0688. The molecule has 0 spiro atoms. The summed E-state index contributed by atoms with van der Waals surface area (Å²) in [5.41, 5.74) is 1.75. The normalized spacial score (nSPS) is 31.3. The number of methoxy groups -OCH3 is 2. The number of carbonyl (C=O) groups is 2. The third-order valence-electron chi connectivity index (χ3n) is 7.50. The number of hydrogen-bond acceptors (Lipinski definition) is 4. The van der Waals surface area contributed by atoms with Crippen molar-refractivity contribution in [2.45, 2.75) is 50.5 Å². The summed E-state index contributed by atoms with van der Waals surface area (Å²) in [4.78, 5) is 27.3. The molecular formula is C24H30N2O4. The Morgan fingerprint density at radius 3 is 2.27 bits per heavy atom. The number of carbonyl (C=O) groups excluding carboxylic acids is 2. The average Bonchev–Trinajstić information content (AvgIpc) is 2.83. The van der Waals surface area contributed by atoms with Gasteiger partial charge < -0.3 is 19.7 Å². The second-order valence-electron chi connectivity index (χ2n) is 9.67. The van der Waals surface area contributed by atoms with Gasteiger partial charge in [0.2, 0.25) is 11.8 Å². The molecule has 6 nitrogen and oxygen atoms in total. The number of benzene rings is 1. The molecular weight excluding hydrogens is 380 g/mol. The van der Waals surface area contributed by atoms with E-state index in [1.807, 2.05) is 18.2 Å². The molecule has 6 rings (SSSR count). The summed E-state index contributed by atoms with van der Waals surface area (Å²) in [5.74, 6) is 3.42. The number of nitrogens with one attached hydrogen (secondary N) is 1. The van der Waals surface area contributed by atoms with Crippen LogP contribution >= 0.6 is 0 Å². The predicted octanol–water partition coefficient (Wildman–Crippen LogP) is 3.14. The van der Waals surface area contributed by atoms with E-state index in [1.165, 1.54) is 24.2 Å². The molecule has 4 aliphatic carbocycles. The molecule has 1 aromatic rings. The van der Waals surface area contributed by atoms with Crippen LogP contribution < -0.4 is 14.8 Å². The van der Waals surface area contributed by atoms with Crippen LogP contribution in [0.5, 0.6) is 11.5 Å². The maximum atomic E-state index is 12.9. The van der Waals surface area contributed by atoms with Crippen molar-refractivity contribution in [1.82, 2.24) is 10.2 Å². The monoisotopic (exact) mass is 410 g/mol. The lowest BCUT2D eigenvalue weighted by atomic mass is 9.53. The molecule has 0 saturated heterocycles. The van der Waals surface area contributed by atoms with Crippen molar-refractivity contribution in [2.75, 3.05) is 20.8 Å². The topological polar surface area (TPSA) is 67.9 Å². The Morgan fingerprint density at radius 1 is 1.07 bits per heavy atom. The molecule has 30 heavy (non-hydrogen) atoms. The maximum Gasteiger partial charge on any atom is 0.240 e. The number of fused-ring (bicyclic) bond motifs is 1. The van der Waals surface area contributed by atoms with Crippen LogP contribution in [0, 0.1) is 17.8 Å². The first kappa shape index (κ1) is 19.5. The lowest BCUT2D eigenvalue weighted by Gasteiger charge is -2.57. The first-order chi connectivity index (χ1) is 14.5. The summed E-state index contributed by atoms with van der Waals surface area (Å²) in [6.07, 6.45) is 11.2. The third kappa shape index (κ3) is 3.46. The van der Waals surface area contributed by atoms with Gasteiger partial charge in [0.05, 0.1) is 20.6 Å². The van der Waals surface area contributed by atoms with Crippen LogP contribution in [0.1, 0.15) is 49.7 Å². The van der Waals surface area contributed by atoms with Gasteiger partial charge in [0.25, 0.3) is 0 Å². The summed E-state index contributed by atoms with van der Waals surface area (Å²) < 4.78 is 10.7. The fourth-order valence-corrected chi connectivity index (χ4v) is 6.66. The predicted molar refractivity (Wildman–Crippen MR) is 113 cm³/mol. The van der Waals surface area contributed by atoms with Crippen LogP contribution in [0.3, 0.4) is 0 Å². The van der Waals surface area contributed by atoms with Gasteiger partial charge >= 0.3 is 0 Å². The smallest absolute Gasteiger partial charge is 0.240 e. The molecule has 4 fully saturated rings. The van der Waals surface area contributed by atoms with Gasteiger partial charge in [0, 0.05) is 11.7 Å². The lowest BCUT2D eigenvalue weighted by molar-refractivity contribution is -0.135. The Labute approximate surface area is 177 Å². The molecule has 0 aromatic heterocycles. The van der Waals surface area contributed by atoms with E-state index in [2.05, 4.69) is 5.32 Å². The fourth-order valence-electron chi connectivity index (χ4n) is 6.66. The zero-order valence-corrected chi connectivity index (χ0v) is 17.8.